The van der Waals surface area contributed by atoms with Gasteiger partial charge in [0.15, 0.2) is 0 Å². The van der Waals surface area contributed by atoms with Crippen molar-refractivity contribution in [1.82, 2.24) is 0 Å². The van der Waals surface area contributed by atoms with E-state index in [9.17, 15) is 9.60 Å². The molecule has 1 heterocycles. The number of alkyl halides is 1. The highest BCUT2D eigenvalue weighted by atomic mass is 19.1. The molecule has 1 saturated heterocycles. The third-order valence-corrected chi connectivity index (χ3v) is 0.994. The van der Waals surface area contributed by atoms with Gasteiger partial charge in [0, 0.05) is 0 Å². The third-order valence-electron chi connectivity index (χ3n) is 0.994. The van der Waals surface area contributed by atoms with Gasteiger partial charge in [-0.05, 0) is 0 Å². The molecule has 0 spiro atoms. The molecule has 6 heavy (non-hydrogen) atoms. The zero-order chi connectivity index (χ0) is 4.57. The lowest BCUT2D eigenvalue weighted by Crippen LogP contribution is -3.17. The van der Waals surface area contributed by atoms with Crippen LogP contribution in [0.25, 0.3) is 0 Å². The van der Waals surface area contributed by atoms with Gasteiger partial charge in [-0.2, -0.15) is 4.39 Å². The molecule has 1 N–H and O–H groups in total. The fourth-order valence-corrected chi connectivity index (χ4v) is 0.371. The van der Waals surface area contributed by atoms with Gasteiger partial charge in [0.05, 0.1) is 13.0 Å². The first-order valence-electron chi connectivity index (χ1n) is 1.97. The first kappa shape index (κ1) is 4.02. The summed E-state index contributed by atoms with van der Waals surface area (Å²) in [5, 5.41) is 9.63. The van der Waals surface area contributed by atoms with Gasteiger partial charge in [0.2, 0.25) is 6.30 Å². The van der Waals surface area contributed by atoms with Crippen LogP contribution in [0.5, 0.6) is 0 Å². The molecule has 1 fully saturated rings. The second kappa shape index (κ2) is 1.17. The second-order valence-corrected chi connectivity index (χ2v) is 1.47. The van der Waals surface area contributed by atoms with E-state index in [2.05, 4.69) is 0 Å². The maximum absolute atomic E-state index is 11.6. The Morgan fingerprint density at radius 3 is 2.33 bits per heavy atom. The van der Waals surface area contributed by atoms with E-state index in [0.717, 1.165) is 0 Å². The number of halogens is 1. The zero-order valence-electron chi connectivity index (χ0n) is 3.28. The molecule has 3 heteroatoms. The maximum atomic E-state index is 11.6. The summed E-state index contributed by atoms with van der Waals surface area (Å²) in [6.07, 6.45) is -0.649. The van der Waals surface area contributed by atoms with Gasteiger partial charge in [-0.15, -0.1) is 0 Å². The largest absolute Gasteiger partial charge is 0.632 e. The lowest BCUT2D eigenvalue weighted by molar-refractivity contribution is -0.937. The first-order valence-corrected chi connectivity index (χ1v) is 1.97. The van der Waals surface area contributed by atoms with E-state index in [1.807, 2.05) is 0 Å². The molecular weight excluding hydrogens is 85.0 g/mol. The highest BCUT2D eigenvalue weighted by Gasteiger charge is 2.24. The molecule has 1 aliphatic rings. The van der Waals surface area contributed by atoms with Crippen LogP contribution in [0.1, 0.15) is 6.42 Å². The Hall–Kier alpha value is -0.150. The van der Waals surface area contributed by atoms with Crippen LogP contribution in [0, 0.1) is 5.21 Å². The molecule has 0 saturated carbocycles. The monoisotopic (exact) mass is 91.0 g/mol. The minimum atomic E-state index is -1.11. The number of hydroxylamine groups is 2. The van der Waals surface area contributed by atoms with Crippen molar-refractivity contribution in [1.29, 1.82) is 0 Å². The average molecular weight is 91.1 g/mol. The van der Waals surface area contributed by atoms with E-state index in [0.29, 0.717) is 13.0 Å². The third kappa shape index (κ3) is 0.399. The standard InChI is InChI=1S/C3H6FNO/c4-3-1-2-5(3)6/h3,5H,1-2H2. The molecule has 0 aromatic heterocycles. The summed E-state index contributed by atoms with van der Waals surface area (Å²) in [5.74, 6) is 0. The van der Waals surface area contributed by atoms with Gasteiger partial charge in [0.25, 0.3) is 0 Å². The summed E-state index contributed by atoms with van der Waals surface area (Å²) in [6.45, 7) is 0.459. The van der Waals surface area contributed by atoms with Crippen LogP contribution in [0.4, 0.5) is 4.39 Å². The van der Waals surface area contributed by atoms with Crippen molar-refractivity contribution in [2.75, 3.05) is 6.54 Å². The Balaban J connectivity index is 2.20. The van der Waals surface area contributed by atoms with Crippen molar-refractivity contribution >= 4 is 0 Å². The highest BCUT2D eigenvalue weighted by Crippen LogP contribution is 1.92. The summed E-state index contributed by atoms with van der Waals surface area (Å²) in [7, 11) is 0. The van der Waals surface area contributed by atoms with E-state index in [-0.39, 0.29) is 5.06 Å². The second-order valence-electron chi connectivity index (χ2n) is 1.47. The summed E-state index contributed by atoms with van der Waals surface area (Å²) in [6, 6.07) is 0. The maximum Gasteiger partial charge on any atom is 0.235 e. The van der Waals surface area contributed by atoms with Gasteiger partial charge in [-0.25, -0.2) is 0 Å². The molecule has 0 aliphatic carbocycles. The number of hydrogen-bond donors (Lipinski definition) is 1. The smallest absolute Gasteiger partial charge is 0.235 e. The predicted octanol–water partition coefficient (Wildman–Crippen LogP) is -0.932. The Morgan fingerprint density at radius 2 is 2.33 bits per heavy atom. The number of nitrogens with one attached hydrogen (secondary N) is 1. The molecular formula is C3H6FNO. The molecule has 1 rings (SSSR count). The van der Waals surface area contributed by atoms with Gasteiger partial charge in [-0.3, -0.25) is 0 Å². The number of rotatable bonds is 0. The van der Waals surface area contributed by atoms with Crippen LogP contribution in [-0.2, 0) is 0 Å². The normalized spacial score (nSPS) is 45.0. The molecule has 1 aliphatic heterocycles. The van der Waals surface area contributed by atoms with Gasteiger partial charge < -0.3 is 10.3 Å². The van der Waals surface area contributed by atoms with E-state index >= 15 is 0 Å². The Bertz CT molecular complexity index is 50.8. The predicted molar refractivity (Wildman–Crippen MR) is 18.7 cm³/mol. The van der Waals surface area contributed by atoms with E-state index in [1.165, 1.54) is 0 Å². The number of quaternary nitrogens is 1. The van der Waals surface area contributed by atoms with Gasteiger partial charge >= 0.3 is 0 Å². The van der Waals surface area contributed by atoms with Gasteiger partial charge in [0.1, 0.15) is 0 Å². The average Bonchev–Trinajstić information content (AvgIpc) is 1.61. The topological polar surface area (TPSA) is 27.5 Å². The molecule has 2 unspecified atom stereocenters. The summed E-state index contributed by atoms with van der Waals surface area (Å²) in [4.78, 5) is 0. The van der Waals surface area contributed by atoms with Crippen molar-refractivity contribution in [2.45, 2.75) is 12.7 Å². The van der Waals surface area contributed by atoms with Crippen LogP contribution >= 0.6 is 0 Å². The SMILES string of the molecule is [O-][NH+]1CCC1F. The van der Waals surface area contributed by atoms with Crippen molar-refractivity contribution in [2.24, 2.45) is 0 Å². The molecule has 2 nitrogen and oxygen atoms in total. The van der Waals surface area contributed by atoms with Crippen molar-refractivity contribution in [3.63, 3.8) is 0 Å². The van der Waals surface area contributed by atoms with Crippen molar-refractivity contribution in [3.8, 4) is 0 Å². The van der Waals surface area contributed by atoms with E-state index < -0.39 is 6.30 Å². The Morgan fingerprint density at radius 1 is 1.83 bits per heavy atom. The molecule has 0 radical (unpaired) electrons. The summed E-state index contributed by atoms with van der Waals surface area (Å²) in [5.41, 5.74) is 0. The molecule has 0 bridgehead atoms. The first-order chi connectivity index (χ1) is 2.80. The molecule has 0 aromatic carbocycles. The van der Waals surface area contributed by atoms with Crippen LogP contribution in [0.15, 0.2) is 0 Å². The highest BCUT2D eigenvalue weighted by molar-refractivity contribution is 4.48. The molecule has 0 aromatic rings. The van der Waals surface area contributed by atoms with Crippen molar-refractivity contribution < 1.29 is 9.45 Å². The van der Waals surface area contributed by atoms with E-state index in [1.54, 1.807) is 0 Å². The Labute approximate surface area is 35.1 Å². The zero-order valence-corrected chi connectivity index (χ0v) is 3.28. The molecule has 2 atom stereocenters. The lowest BCUT2D eigenvalue weighted by atomic mass is 10.3. The minimum Gasteiger partial charge on any atom is -0.632 e. The number of hydrogen-bond acceptors (Lipinski definition) is 1. The van der Waals surface area contributed by atoms with Crippen LogP contribution < -0.4 is 5.06 Å². The minimum absolute atomic E-state index is 0.227. The van der Waals surface area contributed by atoms with E-state index in [4.69, 9.17) is 0 Å². The molecule has 0 amide bonds. The van der Waals surface area contributed by atoms with Crippen LogP contribution in [0.3, 0.4) is 0 Å². The van der Waals surface area contributed by atoms with Gasteiger partial charge in [-0.1, -0.05) is 0 Å². The van der Waals surface area contributed by atoms with Crippen LogP contribution in [0.2, 0.25) is 0 Å². The fourth-order valence-electron chi connectivity index (χ4n) is 0.371. The van der Waals surface area contributed by atoms with Crippen LogP contribution in [-0.4, -0.2) is 12.8 Å². The Kier molecular flexibility index (Phi) is 0.782. The lowest BCUT2D eigenvalue weighted by Gasteiger charge is -2.33. The summed E-state index contributed by atoms with van der Waals surface area (Å²) < 4.78 is 11.6. The molecule has 36 valence electrons. The van der Waals surface area contributed by atoms with Crippen molar-refractivity contribution in [3.05, 3.63) is 5.21 Å². The summed E-state index contributed by atoms with van der Waals surface area (Å²) >= 11 is 0. The quantitative estimate of drug-likeness (QED) is 0.302. The fraction of sp³-hybridized carbons (Fsp3) is 1.00.